The highest BCUT2D eigenvalue weighted by Crippen LogP contribution is 2.36. The van der Waals surface area contributed by atoms with Crippen LogP contribution in [-0.2, 0) is 23.0 Å². The summed E-state index contributed by atoms with van der Waals surface area (Å²) in [4.78, 5) is 12.3. The lowest BCUT2D eigenvalue weighted by Gasteiger charge is -2.35. The second kappa shape index (κ2) is 8.24. The van der Waals surface area contributed by atoms with E-state index in [1.807, 2.05) is 27.0 Å². The zero-order valence-electron chi connectivity index (χ0n) is 18.3. The molecule has 0 unspecified atom stereocenters. The monoisotopic (exact) mass is 429 g/mol. The number of nitrogens with one attached hydrogen (secondary N) is 1. The van der Waals surface area contributed by atoms with Gasteiger partial charge in [0.2, 0.25) is 10.0 Å². The van der Waals surface area contributed by atoms with Crippen LogP contribution >= 0.6 is 0 Å². The lowest BCUT2D eigenvalue weighted by atomic mass is 10.0. The van der Waals surface area contributed by atoms with Crippen molar-refractivity contribution in [1.29, 1.82) is 0 Å². The van der Waals surface area contributed by atoms with Gasteiger partial charge in [0, 0.05) is 32.2 Å². The Labute approximate surface area is 179 Å². The molecule has 0 amide bonds. The molecule has 30 heavy (non-hydrogen) atoms. The van der Waals surface area contributed by atoms with E-state index in [0.717, 1.165) is 67.0 Å². The summed E-state index contributed by atoms with van der Waals surface area (Å²) >= 11 is 0. The molecule has 1 fully saturated rings. The number of benzene rings is 1. The first-order valence-corrected chi connectivity index (χ1v) is 12.1. The number of anilines is 1. The molecular weight excluding hydrogens is 398 g/mol. The normalized spacial score (nSPS) is 20.7. The minimum Gasteiger partial charge on any atom is -0.373 e. The topological polar surface area (TPSA) is 78.4 Å². The van der Waals surface area contributed by atoms with Gasteiger partial charge in [-0.25, -0.2) is 18.4 Å². The van der Waals surface area contributed by atoms with Gasteiger partial charge >= 0.3 is 0 Å². The minimum absolute atomic E-state index is 0.338. The van der Waals surface area contributed by atoms with Crippen LogP contribution in [0.4, 0.5) is 5.82 Å². The van der Waals surface area contributed by atoms with E-state index < -0.39 is 10.0 Å². The molecule has 1 aromatic heterocycles. The molecule has 0 radical (unpaired) electrons. The minimum atomic E-state index is -3.63. The molecule has 7 nitrogen and oxygen atoms in total. The average molecular weight is 430 g/mol. The Hall–Kier alpha value is -2.03. The van der Waals surface area contributed by atoms with Crippen molar-refractivity contribution < 1.29 is 8.42 Å². The number of aryl methyl sites for hydroxylation is 2. The summed E-state index contributed by atoms with van der Waals surface area (Å²) in [7, 11) is 0.327. The molecule has 3 heterocycles. The molecule has 0 aliphatic carbocycles. The molecule has 0 spiro atoms. The second-order valence-corrected chi connectivity index (χ2v) is 10.4. The fourth-order valence-electron chi connectivity index (χ4n) is 4.40. The molecule has 1 N–H and O–H groups in total. The van der Waals surface area contributed by atoms with Crippen LogP contribution in [0.2, 0.25) is 0 Å². The van der Waals surface area contributed by atoms with Crippen molar-refractivity contribution in [3.05, 3.63) is 46.4 Å². The van der Waals surface area contributed by atoms with Crippen LogP contribution in [0.1, 0.15) is 53.5 Å². The lowest BCUT2D eigenvalue weighted by molar-refractivity contribution is 0.244. The first kappa shape index (κ1) is 21.2. The van der Waals surface area contributed by atoms with Crippen LogP contribution in [0.25, 0.3) is 0 Å². The van der Waals surface area contributed by atoms with E-state index in [0.29, 0.717) is 17.3 Å². The summed E-state index contributed by atoms with van der Waals surface area (Å²) in [6.07, 6.45) is 3.46. The lowest BCUT2D eigenvalue weighted by Crippen LogP contribution is -2.40. The van der Waals surface area contributed by atoms with E-state index in [4.69, 9.17) is 9.97 Å². The molecule has 0 saturated carbocycles. The van der Waals surface area contributed by atoms with Gasteiger partial charge in [-0.05, 0) is 63.4 Å². The highest BCUT2D eigenvalue weighted by molar-refractivity contribution is 7.89. The number of rotatable bonds is 4. The fourth-order valence-corrected chi connectivity index (χ4v) is 6.14. The van der Waals surface area contributed by atoms with Crippen molar-refractivity contribution in [3.8, 4) is 0 Å². The highest BCUT2D eigenvalue weighted by Gasteiger charge is 2.37. The van der Waals surface area contributed by atoms with Gasteiger partial charge in [-0.1, -0.05) is 12.5 Å². The summed E-state index contributed by atoms with van der Waals surface area (Å²) in [5, 5.41) is 3.21. The molecule has 1 atom stereocenters. The van der Waals surface area contributed by atoms with Gasteiger partial charge < -0.3 is 10.2 Å². The second-order valence-electron chi connectivity index (χ2n) is 8.47. The number of hydrogen-bond donors (Lipinski definition) is 1. The van der Waals surface area contributed by atoms with Crippen molar-refractivity contribution in [2.24, 2.45) is 0 Å². The summed E-state index contributed by atoms with van der Waals surface area (Å²) in [6, 6.07) is 5.03. The number of piperidine rings is 1. The zero-order chi connectivity index (χ0) is 21.5. The summed E-state index contributed by atoms with van der Waals surface area (Å²) in [6.45, 7) is 6.17. The molecular formula is C22H31N5O2S. The standard InChI is InChI=1S/C22H31N5O2S/c1-15-8-9-17(13-16(15)2)30(28,29)27-11-6-5-7-20(27)22-24-19-14-26(4)12-10-18(19)21(23-3)25-22/h8-9,13,20H,5-7,10-12,14H2,1-4H3,(H,23,24,25)/t20-/m1/s1. The third-order valence-electron chi connectivity index (χ3n) is 6.35. The fraction of sp³-hybridized carbons (Fsp3) is 0.545. The van der Waals surface area contributed by atoms with Crippen LogP contribution in [0.15, 0.2) is 23.1 Å². The summed E-state index contributed by atoms with van der Waals surface area (Å²) < 4.78 is 28.8. The van der Waals surface area contributed by atoms with Crippen LogP contribution in [0.5, 0.6) is 0 Å². The Bertz CT molecular complexity index is 1050. The summed E-state index contributed by atoms with van der Waals surface area (Å²) in [5.41, 5.74) is 4.23. The largest absolute Gasteiger partial charge is 0.373 e. The van der Waals surface area contributed by atoms with Gasteiger partial charge in [-0.3, -0.25) is 0 Å². The van der Waals surface area contributed by atoms with Crippen molar-refractivity contribution >= 4 is 15.8 Å². The van der Waals surface area contributed by atoms with Gasteiger partial charge in [0.05, 0.1) is 16.6 Å². The average Bonchev–Trinajstić information content (AvgIpc) is 2.74. The van der Waals surface area contributed by atoms with E-state index in [1.165, 1.54) is 0 Å². The van der Waals surface area contributed by atoms with Gasteiger partial charge in [0.25, 0.3) is 0 Å². The van der Waals surface area contributed by atoms with Crippen molar-refractivity contribution in [3.63, 3.8) is 0 Å². The Morgan fingerprint density at radius 1 is 1.10 bits per heavy atom. The Morgan fingerprint density at radius 2 is 1.90 bits per heavy atom. The predicted octanol–water partition coefficient (Wildman–Crippen LogP) is 3.04. The third-order valence-corrected chi connectivity index (χ3v) is 8.25. The van der Waals surface area contributed by atoms with Crippen LogP contribution < -0.4 is 5.32 Å². The molecule has 0 bridgehead atoms. The van der Waals surface area contributed by atoms with Crippen LogP contribution in [0.3, 0.4) is 0 Å². The molecule has 2 aromatic rings. The van der Waals surface area contributed by atoms with Crippen molar-refractivity contribution in [1.82, 2.24) is 19.2 Å². The van der Waals surface area contributed by atoms with E-state index in [1.54, 1.807) is 16.4 Å². The van der Waals surface area contributed by atoms with Gasteiger partial charge in [-0.2, -0.15) is 4.31 Å². The molecule has 4 rings (SSSR count). The molecule has 1 aromatic carbocycles. The first-order valence-electron chi connectivity index (χ1n) is 10.7. The molecule has 1 saturated heterocycles. The van der Waals surface area contributed by atoms with Gasteiger partial charge in [0.15, 0.2) is 0 Å². The predicted molar refractivity (Wildman–Crippen MR) is 118 cm³/mol. The Kier molecular flexibility index (Phi) is 5.83. The number of hydrogen-bond acceptors (Lipinski definition) is 6. The number of likely N-dealkylation sites (N-methyl/N-ethyl adjacent to an activating group) is 1. The summed E-state index contributed by atoms with van der Waals surface area (Å²) in [5.74, 6) is 1.44. The van der Waals surface area contributed by atoms with E-state index in [9.17, 15) is 8.42 Å². The van der Waals surface area contributed by atoms with Gasteiger partial charge in [-0.15, -0.1) is 0 Å². The van der Waals surface area contributed by atoms with Crippen molar-refractivity contribution in [2.75, 3.05) is 32.5 Å². The first-order chi connectivity index (χ1) is 14.3. The molecule has 2 aliphatic heterocycles. The highest BCUT2D eigenvalue weighted by atomic mass is 32.2. The molecule has 162 valence electrons. The third kappa shape index (κ3) is 3.84. The zero-order valence-corrected chi connectivity index (χ0v) is 19.1. The van der Waals surface area contributed by atoms with Crippen LogP contribution in [0, 0.1) is 13.8 Å². The van der Waals surface area contributed by atoms with Crippen molar-refractivity contribution in [2.45, 2.75) is 57.0 Å². The molecule has 8 heteroatoms. The van der Waals surface area contributed by atoms with E-state index in [2.05, 4.69) is 17.3 Å². The quantitative estimate of drug-likeness (QED) is 0.805. The Balaban J connectivity index is 1.76. The SMILES string of the molecule is CNc1nc([C@H]2CCCCN2S(=O)(=O)c2ccc(C)c(C)c2)nc2c1CCN(C)C2. The number of aromatic nitrogens is 2. The maximum absolute atomic E-state index is 13.6. The number of nitrogens with zero attached hydrogens (tertiary/aromatic N) is 4. The molecule has 2 aliphatic rings. The van der Waals surface area contributed by atoms with Gasteiger partial charge in [0.1, 0.15) is 11.6 Å². The van der Waals surface area contributed by atoms with E-state index in [-0.39, 0.29) is 6.04 Å². The van der Waals surface area contributed by atoms with Crippen LogP contribution in [-0.4, -0.2) is 54.8 Å². The van der Waals surface area contributed by atoms with E-state index >= 15 is 0 Å². The maximum Gasteiger partial charge on any atom is 0.243 e. The number of sulfonamides is 1. The Morgan fingerprint density at radius 3 is 2.63 bits per heavy atom. The number of fused-ring (bicyclic) bond motifs is 1. The smallest absolute Gasteiger partial charge is 0.243 e. The maximum atomic E-state index is 13.6.